The third-order valence-corrected chi connectivity index (χ3v) is 2.14. The first-order valence-electron chi connectivity index (χ1n) is 4.98. The van der Waals surface area contributed by atoms with Crippen LogP contribution in [0.4, 0.5) is 0 Å². The zero-order valence-electron chi connectivity index (χ0n) is 9.27. The lowest BCUT2D eigenvalue weighted by Gasteiger charge is -2.17. The van der Waals surface area contributed by atoms with E-state index in [0.717, 1.165) is 0 Å². The number of hydrogen-bond acceptors (Lipinski definition) is 3. The Bertz CT molecular complexity index is 333. The van der Waals surface area contributed by atoms with Crippen molar-refractivity contribution in [3.8, 4) is 0 Å². The minimum Gasteiger partial charge on any atom is -0.390 e. The monoisotopic (exact) mass is 211 g/mol. The van der Waals surface area contributed by atoms with E-state index < -0.39 is 0 Å². The number of hydrogen-bond donors (Lipinski definition) is 2. The molecular formula is C10H17N3O2. The molecule has 0 aliphatic heterocycles. The van der Waals surface area contributed by atoms with Crippen LogP contribution in [0.25, 0.3) is 0 Å². The van der Waals surface area contributed by atoms with Crippen molar-refractivity contribution in [1.29, 1.82) is 0 Å². The number of aromatic nitrogens is 2. The fourth-order valence-electron chi connectivity index (χ4n) is 1.33. The summed E-state index contributed by atoms with van der Waals surface area (Å²) < 4.78 is 1.66. The van der Waals surface area contributed by atoms with Crippen molar-refractivity contribution in [3.63, 3.8) is 0 Å². The van der Waals surface area contributed by atoms with E-state index in [1.807, 2.05) is 13.8 Å². The lowest BCUT2D eigenvalue weighted by Crippen LogP contribution is -2.35. The first-order valence-corrected chi connectivity index (χ1v) is 4.98. The predicted molar refractivity (Wildman–Crippen MR) is 56.1 cm³/mol. The van der Waals surface area contributed by atoms with Gasteiger partial charge in [-0.3, -0.25) is 4.79 Å². The Balaban J connectivity index is 2.75. The number of aliphatic hydroxyl groups is 1. The summed E-state index contributed by atoms with van der Waals surface area (Å²) in [6, 6.07) is -0.238. The van der Waals surface area contributed by atoms with Crippen molar-refractivity contribution in [2.24, 2.45) is 0 Å². The normalized spacial score (nSPS) is 12.9. The number of nitrogens with one attached hydrogen (secondary N) is 1. The Morgan fingerprint density at radius 2 is 2.27 bits per heavy atom. The van der Waals surface area contributed by atoms with E-state index in [4.69, 9.17) is 5.11 Å². The predicted octanol–water partition coefficient (Wildman–Crippen LogP) is 0.461. The topological polar surface area (TPSA) is 67.2 Å². The second-order valence-electron chi connectivity index (χ2n) is 3.79. The fourth-order valence-corrected chi connectivity index (χ4v) is 1.33. The van der Waals surface area contributed by atoms with Crippen molar-refractivity contribution in [3.05, 3.63) is 18.2 Å². The summed E-state index contributed by atoms with van der Waals surface area (Å²) >= 11 is 0. The van der Waals surface area contributed by atoms with Gasteiger partial charge in [0, 0.05) is 6.04 Å². The highest BCUT2D eigenvalue weighted by Crippen LogP contribution is 2.10. The number of amides is 1. The Morgan fingerprint density at radius 3 is 2.80 bits per heavy atom. The molecule has 1 amide bonds. The molecule has 0 saturated carbocycles. The van der Waals surface area contributed by atoms with Gasteiger partial charge in [-0.25, -0.2) is 4.98 Å². The Kier molecular flexibility index (Phi) is 3.85. The standard InChI is InChI=1S/C10H17N3O2/c1-7(2)12-10(15)8(3)13-6-11-4-9(13)5-14/h4,6-8,14H,5H2,1-3H3,(H,12,15). The Labute approximate surface area is 89.1 Å². The first-order chi connectivity index (χ1) is 7.06. The van der Waals surface area contributed by atoms with Crippen molar-refractivity contribution in [1.82, 2.24) is 14.9 Å². The lowest BCUT2D eigenvalue weighted by molar-refractivity contribution is -0.124. The Hall–Kier alpha value is -1.36. The molecule has 84 valence electrons. The number of carbonyl (C=O) groups excluding carboxylic acids is 1. The van der Waals surface area contributed by atoms with Crippen molar-refractivity contribution < 1.29 is 9.90 Å². The minimum atomic E-state index is -0.350. The highest BCUT2D eigenvalue weighted by molar-refractivity contribution is 5.80. The third kappa shape index (κ3) is 2.79. The number of carbonyl (C=O) groups is 1. The summed E-state index contributed by atoms with van der Waals surface area (Å²) in [5.41, 5.74) is 0.640. The van der Waals surface area contributed by atoms with Crippen LogP contribution in [-0.4, -0.2) is 26.6 Å². The van der Waals surface area contributed by atoms with Crippen LogP contribution in [0.15, 0.2) is 12.5 Å². The molecular weight excluding hydrogens is 194 g/mol. The molecule has 5 nitrogen and oxygen atoms in total. The van der Waals surface area contributed by atoms with E-state index in [0.29, 0.717) is 5.69 Å². The highest BCUT2D eigenvalue weighted by Gasteiger charge is 2.17. The molecule has 1 aromatic heterocycles. The van der Waals surface area contributed by atoms with Crippen LogP contribution in [0.5, 0.6) is 0 Å². The van der Waals surface area contributed by atoms with Crippen molar-refractivity contribution >= 4 is 5.91 Å². The SMILES string of the molecule is CC(C)NC(=O)C(C)n1cncc1CO. The maximum absolute atomic E-state index is 11.7. The van der Waals surface area contributed by atoms with Gasteiger partial charge in [0.05, 0.1) is 24.8 Å². The van der Waals surface area contributed by atoms with Crippen LogP contribution in [-0.2, 0) is 11.4 Å². The van der Waals surface area contributed by atoms with Gasteiger partial charge in [0.1, 0.15) is 6.04 Å². The van der Waals surface area contributed by atoms with Gasteiger partial charge in [-0.15, -0.1) is 0 Å². The summed E-state index contributed by atoms with van der Waals surface area (Å²) in [6.45, 7) is 5.48. The molecule has 5 heteroatoms. The molecule has 1 unspecified atom stereocenters. The van der Waals surface area contributed by atoms with Crippen LogP contribution < -0.4 is 5.32 Å². The van der Waals surface area contributed by atoms with Crippen LogP contribution in [0, 0.1) is 0 Å². The van der Waals surface area contributed by atoms with Crippen LogP contribution in [0.2, 0.25) is 0 Å². The van der Waals surface area contributed by atoms with Gasteiger partial charge in [0.2, 0.25) is 5.91 Å². The number of aliphatic hydroxyl groups excluding tert-OH is 1. The molecule has 1 heterocycles. The smallest absolute Gasteiger partial charge is 0.243 e. The molecule has 1 rings (SSSR count). The number of nitrogens with zero attached hydrogens (tertiary/aromatic N) is 2. The molecule has 0 aromatic carbocycles. The van der Waals surface area contributed by atoms with E-state index >= 15 is 0 Å². The van der Waals surface area contributed by atoms with Gasteiger partial charge in [0.25, 0.3) is 0 Å². The quantitative estimate of drug-likeness (QED) is 0.760. The largest absolute Gasteiger partial charge is 0.390 e. The number of imidazole rings is 1. The van der Waals surface area contributed by atoms with Gasteiger partial charge < -0.3 is 15.0 Å². The molecule has 15 heavy (non-hydrogen) atoms. The van der Waals surface area contributed by atoms with Crippen LogP contribution in [0.3, 0.4) is 0 Å². The molecule has 0 radical (unpaired) electrons. The average Bonchev–Trinajstić information content (AvgIpc) is 2.62. The van der Waals surface area contributed by atoms with E-state index in [1.54, 1.807) is 24.0 Å². The molecule has 0 bridgehead atoms. The second-order valence-corrected chi connectivity index (χ2v) is 3.79. The summed E-state index contributed by atoms with van der Waals surface area (Å²) in [5, 5.41) is 11.8. The zero-order valence-corrected chi connectivity index (χ0v) is 9.27. The van der Waals surface area contributed by atoms with Crippen LogP contribution in [0.1, 0.15) is 32.5 Å². The van der Waals surface area contributed by atoms with E-state index in [1.165, 1.54) is 0 Å². The molecule has 0 spiro atoms. The Morgan fingerprint density at radius 1 is 1.60 bits per heavy atom. The van der Waals surface area contributed by atoms with E-state index in [2.05, 4.69) is 10.3 Å². The molecule has 2 N–H and O–H groups in total. The highest BCUT2D eigenvalue weighted by atomic mass is 16.3. The molecule has 0 aliphatic carbocycles. The molecule has 1 atom stereocenters. The molecule has 0 saturated heterocycles. The lowest BCUT2D eigenvalue weighted by atomic mass is 10.2. The van der Waals surface area contributed by atoms with Gasteiger partial charge in [-0.05, 0) is 20.8 Å². The summed E-state index contributed by atoms with van der Waals surface area (Å²) in [7, 11) is 0. The summed E-state index contributed by atoms with van der Waals surface area (Å²) in [4.78, 5) is 15.6. The van der Waals surface area contributed by atoms with Gasteiger partial charge >= 0.3 is 0 Å². The first kappa shape index (κ1) is 11.7. The molecule has 1 aromatic rings. The van der Waals surface area contributed by atoms with Gasteiger partial charge in [-0.2, -0.15) is 0 Å². The van der Waals surface area contributed by atoms with Gasteiger partial charge in [-0.1, -0.05) is 0 Å². The average molecular weight is 211 g/mol. The zero-order chi connectivity index (χ0) is 11.4. The van der Waals surface area contributed by atoms with Crippen LogP contribution >= 0.6 is 0 Å². The van der Waals surface area contributed by atoms with E-state index in [-0.39, 0.29) is 24.6 Å². The molecule has 0 aliphatic rings. The summed E-state index contributed by atoms with van der Waals surface area (Å²) in [6.07, 6.45) is 3.11. The maximum Gasteiger partial charge on any atom is 0.243 e. The van der Waals surface area contributed by atoms with Gasteiger partial charge in [0.15, 0.2) is 0 Å². The fraction of sp³-hybridized carbons (Fsp3) is 0.600. The summed E-state index contributed by atoms with van der Waals surface area (Å²) in [5.74, 6) is -0.0716. The minimum absolute atomic E-state index is 0.0716. The van der Waals surface area contributed by atoms with Crippen molar-refractivity contribution in [2.75, 3.05) is 0 Å². The van der Waals surface area contributed by atoms with E-state index in [9.17, 15) is 4.79 Å². The number of rotatable bonds is 4. The van der Waals surface area contributed by atoms with Crippen molar-refractivity contribution in [2.45, 2.75) is 39.5 Å². The molecule has 0 fully saturated rings. The second kappa shape index (κ2) is 4.93. The third-order valence-electron chi connectivity index (χ3n) is 2.14. The maximum atomic E-state index is 11.7.